The summed E-state index contributed by atoms with van der Waals surface area (Å²) in [4.78, 5) is 4.42. The Bertz CT molecular complexity index is 507. The van der Waals surface area contributed by atoms with Crippen molar-refractivity contribution in [2.24, 2.45) is 0 Å². The van der Waals surface area contributed by atoms with Crippen molar-refractivity contribution in [1.82, 2.24) is 15.5 Å². The average molecular weight is 245 g/mol. The average Bonchev–Trinajstić information content (AvgIpc) is 2.79. The zero-order valence-electron chi connectivity index (χ0n) is 11.1. The minimum Gasteiger partial charge on any atom is -0.339 e. The van der Waals surface area contributed by atoms with Gasteiger partial charge in [-0.2, -0.15) is 4.98 Å². The normalized spacial score (nSPS) is 12.6. The zero-order chi connectivity index (χ0) is 13.0. The fraction of sp³-hybridized carbons (Fsp3) is 0.429. The van der Waals surface area contributed by atoms with E-state index in [0.29, 0.717) is 18.4 Å². The first-order valence-corrected chi connectivity index (χ1v) is 6.22. The van der Waals surface area contributed by atoms with Gasteiger partial charge < -0.3 is 9.84 Å². The highest BCUT2D eigenvalue weighted by Gasteiger charge is 2.10. The first-order chi connectivity index (χ1) is 8.69. The monoisotopic (exact) mass is 245 g/mol. The van der Waals surface area contributed by atoms with E-state index < -0.39 is 0 Å². The van der Waals surface area contributed by atoms with Crippen molar-refractivity contribution in [3.8, 4) is 0 Å². The molecule has 96 valence electrons. The Morgan fingerprint density at radius 2 is 2.11 bits per heavy atom. The minimum absolute atomic E-state index is 0.355. The van der Waals surface area contributed by atoms with Gasteiger partial charge in [-0.3, -0.25) is 0 Å². The molecule has 0 saturated carbocycles. The molecule has 1 N–H and O–H groups in total. The van der Waals surface area contributed by atoms with Gasteiger partial charge >= 0.3 is 0 Å². The Hall–Kier alpha value is -1.68. The standard InChI is InChI=1S/C14H19N3O/c1-10-6-4-5-7-12(10)9-14-16-13(17-18-14)8-11(2)15-3/h4-7,11,15H,8-9H2,1-3H3. The van der Waals surface area contributed by atoms with E-state index in [0.717, 1.165) is 12.2 Å². The molecule has 0 aliphatic rings. The van der Waals surface area contributed by atoms with Gasteiger partial charge in [-0.1, -0.05) is 29.4 Å². The summed E-state index contributed by atoms with van der Waals surface area (Å²) in [7, 11) is 1.93. The predicted molar refractivity (Wildman–Crippen MR) is 70.5 cm³/mol. The third-order valence-corrected chi connectivity index (χ3v) is 3.09. The van der Waals surface area contributed by atoms with E-state index in [9.17, 15) is 0 Å². The molecule has 4 heteroatoms. The lowest BCUT2D eigenvalue weighted by Crippen LogP contribution is -2.24. The summed E-state index contributed by atoms with van der Waals surface area (Å²) >= 11 is 0. The lowest BCUT2D eigenvalue weighted by atomic mass is 10.1. The van der Waals surface area contributed by atoms with Crippen molar-refractivity contribution in [2.75, 3.05) is 7.05 Å². The largest absolute Gasteiger partial charge is 0.339 e. The Kier molecular flexibility index (Phi) is 4.10. The summed E-state index contributed by atoms with van der Waals surface area (Å²) in [6, 6.07) is 8.61. The van der Waals surface area contributed by atoms with Crippen molar-refractivity contribution in [3.05, 3.63) is 47.1 Å². The predicted octanol–water partition coefficient (Wildman–Crippen LogP) is 2.12. The summed E-state index contributed by atoms with van der Waals surface area (Å²) in [5.41, 5.74) is 2.48. The number of benzene rings is 1. The molecule has 0 saturated heterocycles. The van der Waals surface area contributed by atoms with Crippen molar-refractivity contribution < 1.29 is 4.52 Å². The number of nitrogens with zero attached hydrogens (tertiary/aromatic N) is 2. The number of hydrogen-bond acceptors (Lipinski definition) is 4. The van der Waals surface area contributed by atoms with E-state index in [4.69, 9.17) is 4.52 Å². The molecule has 0 bridgehead atoms. The van der Waals surface area contributed by atoms with Crippen LogP contribution < -0.4 is 5.32 Å². The molecule has 1 aromatic carbocycles. The smallest absolute Gasteiger partial charge is 0.231 e. The highest BCUT2D eigenvalue weighted by molar-refractivity contribution is 5.27. The van der Waals surface area contributed by atoms with Gasteiger partial charge in [-0.15, -0.1) is 0 Å². The molecule has 18 heavy (non-hydrogen) atoms. The lowest BCUT2D eigenvalue weighted by molar-refractivity contribution is 0.377. The number of rotatable bonds is 5. The van der Waals surface area contributed by atoms with Crippen LogP contribution in [-0.2, 0) is 12.8 Å². The van der Waals surface area contributed by atoms with Crippen molar-refractivity contribution in [2.45, 2.75) is 32.7 Å². The number of hydrogen-bond donors (Lipinski definition) is 1. The quantitative estimate of drug-likeness (QED) is 0.876. The van der Waals surface area contributed by atoms with Crippen LogP contribution in [0.3, 0.4) is 0 Å². The molecule has 0 aliphatic carbocycles. The van der Waals surface area contributed by atoms with E-state index in [2.05, 4.69) is 41.4 Å². The van der Waals surface area contributed by atoms with E-state index in [-0.39, 0.29) is 0 Å². The van der Waals surface area contributed by atoms with Crippen LogP contribution >= 0.6 is 0 Å². The SMILES string of the molecule is CNC(C)Cc1noc(Cc2ccccc2C)n1. The summed E-state index contributed by atoms with van der Waals surface area (Å²) in [6.45, 7) is 4.19. The van der Waals surface area contributed by atoms with Gasteiger partial charge in [0.15, 0.2) is 5.82 Å². The Morgan fingerprint density at radius 3 is 2.83 bits per heavy atom. The molecule has 0 amide bonds. The molecule has 2 rings (SSSR count). The molecule has 1 aromatic heterocycles. The minimum atomic E-state index is 0.355. The highest BCUT2D eigenvalue weighted by Crippen LogP contribution is 2.12. The van der Waals surface area contributed by atoms with Crippen LogP contribution in [0.1, 0.15) is 29.8 Å². The van der Waals surface area contributed by atoms with Gasteiger partial charge in [-0.05, 0) is 32.0 Å². The van der Waals surface area contributed by atoms with E-state index in [1.54, 1.807) is 0 Å². The third kappa shape index (κ3) is 3.17. The summed E-state index contributed by atoms with van der Waals surface area (Å²) in [5.74, 6) is 1.45. The number of likely N-dealkylation sites (N-methyl/N-ethyl adjacent to an activating group) is 1. The fourth-order valence-electron chi connectivity index (χ4n) is 1.79. The number of nitrogens with one attached hydrogen (secondary N) is 1. The number of aryl methyl sites for hydroxylation is 1. The zero-order valence-corrected chi connectivity index (χ0v) is 11.1. The topological polar surface area (TPSA) is 51.0 Å². The van der Waals surface area contributed by atoms with Gasteiger partial charge in [0.1, 0.15) is 0 Å². The van der Waals surface area contributed by atoms with Crippen LogP contribution in [0.25, 0.3) is 0 Å². The van der Waals surface area contributed by atoms with E-state index in [1.165, 1.54) is 11.1 Å². The highest BCUT2D eigenvalue weighted by atomic mass is 16.5. The maximum absolute atomic E-state index is 5.28. The maximum Gasteiger partial charge on any atom is 0.231 e. The van der Waals surface area contributed by atoms with Gasteiger partial charge in [0.25, 0.3) is 0 Å². The van der Waals surface area contributed by atoms with Crippen LogP contribution in [0.4, 0.5) is 0 Å². The van der Waals surface area contributed by atoms with Gasteiger partial charge in [0, 0.05) is 12.5 Å². The first kappa shape index (κ1) is 12.8. The Morgan fingerprint density at radius 1 is 1.33 bits per heavy atom. The second kappa shape index (κ2) is 5.78. The van der Waals surface area contributed by atoms with Crippen LogP contribution in [0, 0.1) is 6.92 Å². The van der Waals surface area contributed by atoms with Gasteiger partial charge in [-0.25, -0.2) is 0 Å². The maximum atomic E-state index is 5.28. The molecule has 2 aromatic rings. The van der Waals surface area contributed by atoms with E-state index >= 15 is 0 Å². The number of aromatic nitrogens is 2. The van der Waals surface area contributed by atoms with E-state index in [1.807, 2.05) is 19.2 Å². The van der Waals surface area contributed by atoms with Crippen LogP contribution in [0.15, 0.2) is 28.8 Å². The van der Waals surface area contributed by atoms with Crippen molar-refractivity contribution in [3.63, 3.8) is 0 Å². The van der Waals surface area contributed by atoms with Crippen LogP contribution in [0.2, 0.25) is 0 Å². The molecule has 0 radical (unpaired) electrons. The third-order valence-electron chi connectivity index (χ3n) is 3.09. The fourth-order valence-corrected chi connectivity index (χ4v) is 1.79. The molecule has 1 unspecified atom stereocenters. The van der Waals surface area contributed by atoms with Crippen LogP contribution in [-0.4, -0.2) is 23.2 Å². The second-order valence-electron chi connectivity index (χ2n) is 4.60. The van der Waals surface area contributed by atoms with Gasteiger partial charge in [0.05, 0.1) is 6.42 Å². The first-order valence-electron chi connectivity index (χ1n) is 6.22. The molecular weight excluding hydrogens is 226 g/mol. The molecule has 1 heterocycles. The van der Waals surface area contributed by atoms with Gasteiger partial charge in [0.2, 0.25) is 5.89 Å². The summed E-state index contributed by atoms with van der Waals surface area (Å²) in [6.07, 6.45) is 1.49. The Labute approximate surface area is 107 Å². The van der Waals surface area contributed by atoms with Crippen molar-refractivity contribution >= 4 is 0 Å². The lowest BCUT2D eigenvalue weighted by Gasteiger charge is -2.04. The molecule has 0 aliphatic heterocycles. The molecule has 0 fully saturated rings. The molecule has 0 spiro atoms. The molecule has 1 atom stereocenters. The van der Waals surface area contributed by atoms with Crippen LogP contribution in [0.5, 0.6) is 0 Å². The van der Waals surface area contributed by atoms with Crippen molar-refractivity contribution in [1.29, 1.82) is 0 Å². The molecule has 4 nitrogen and oxygen atoms in total. The molecular formula is C14H19N3O. The second-order valence-corrected chi connectivity index (χ2v) is 4.60. The summed E-state index contributed by atoms with van der Waals surface area (Å²) < 4.78 is 5.28. The Balaban J connectivity index is 2.05. The summed E-state index contributed by atoms with van der Waals surface area (Å²) in [5, 5.41) is 7.16.